The van der Waals surface area contributed by atoms with Gasteiger partial charge in [-0.05, 0) is 32.0 Å². The smallest absolute Gasteiger partial charge is 0.259 e. The number of hydrogen-bond acceptors (Lipinski definition) is 6. The molecule has 0 bridgehead atoms. The molecular weight excluding hydrogens is 453 g/mol. The summed E-state index contributed by atoms with van der Waals surface area (Å²) in [6, 6.07) is 6.83. The zero-order valence-corrected chi connectivity index (χ0v) is 20.2. The average Bonchev–Trinajstić information content (AvgIpc) is 2.84. The monoisotopic (exact) mass is 483 g/mol. The minimum absolute atomic E-state index is 0.0425. The molecule has 0 fully saturated rings. The first-order valence-corrected chi connectivity index (χ1v) is 11.4. The second kappa shape index (κ2) is 11.3. The van der Waals surface area contributed by atoms with Crippen molar-refractivity contribution in [3.05, 3.63) is 59.0 Å². The largest absolute Gasteiger partial charge is 0.472 e. The van der Waals surface area contributed by atoms with Crippen LogP contribution in [-0.4, -0.2) is 81.8 Å². The number of likely N-dealkylation sites (N-methyl/N-ethyl adjacent to an activating group) is 1. The standard InChI is InChI=1S/C26H30FN3O5/c1-16-13-30(17(2)15-31)26(34)21-11-19(10-9-18(3)32)12-28-24(21)35-23(16)14-29(4)25(33)20-7-5-6-8-22(20)27/h5-8,11-12,16-18,23,31-32H,13-15H2,1-4H3/t16-,17+,18-,23+/m1/s1. The van der Waals surface area contributed by atoms with E-state index in [1.54, 1.807) is 31.0 Å². The van der Waals surface area contributed by atoms with Gasteiger partial charge in [-0.2, -0.15) is 0 Å². The number of carbonyl (C=O) groups is 2. The predicted octanol–water partition coefficient (Wildman–Crippen LogP) is 1.95. The van der Waals surface area contributed by atoms with Gasteiger partial charge in [-0.25, -0.2) is 9.37 Å². The molecule has 35 heavy (non-hydrogen) atoms. The highest BCUT2D eigenvalue weighted by molar-refractivity contribution is 5.97. The van der Waals surface area contributed by atoms with Crippen LogP contribution >= 0.6 is 0 Å². The summed E-state index contributed by atoms with van der Waals surface area (Å²) in [6.45, 7) is 5.28. The summed E-state index contributed by atoms with van der Waals surface area (Å²) in [4.78, 5) is 33.5. The van der Waals surface area contributed by atoms with Crippen LogP contribution in [0.5, 0.6) is 5.88 Å². The van der Waals surface area contributed by atoms with Gasteiger partial charge >= 0.3 is 0 Å². The van der Waals surface area contributed by atoms with Crippen molar-refractivity contribution in [3.63, 3.8) is 0 Å². The van der Waals surface area contributed by atoms with Crippen molar-refractivity contribution >= 4 is 11.8 Å². The van der Waals surface area contributed by atoms with Crippen molar-refractivity contribution in [1.82, 2.24) is 14.8 Å². The highest BCUT2D eigenvalue weighted by Gasteiger charge is 2.35. The summed E-state index contributed by atoms with van der Waals surface area (Å²) in [5, 5.41) is 19.2. The lowest BCUT2D eigenvalue weighted by Crippen LogP contribution is -2.50. The number of ether oxygens (including phenoxy) is 1. The van der Waals surface area contributed by atoms with E-state index in [2.05, 4.69) is 16.8 Å². The third kappa shape index (κ3) is 6.15. The van der Waals surface area contributed by atoms with Crippen molar-refractivity contribution in [1.29, 1.82) is 0 Å². The number of amides is 2. The molecule has 1 aliphatic heterocycles. The molecule has 8 nitrogen and oxygen atoms in total. The van der Waals surface area contributed by atoms with Crippen molar-refractivity contribution in [2.75, 3.05) is 26.7 Å². The fourth-order valence-electron chi connectivity index (χ4n) is 3.77. The van der Waals surface area contributed by atoms with Gasteiger partial charge < -0.3 is 24.7 Å². The second-order valence-corrected chi connectivity index (χ2v) is 8.81. The average molecular weight is 484 g/mol. The Morgan fingerprint density at radius 2 is 2.09 bits per heavy atom. The summed E-state index contributed by atoms with van der Waals surface area (Å²) in [5.74, 6) is 3.76. The van der Waals surface area contributed by atoms with Crippen molar-refractivity contribution in [2.45, 2.75) is 39.0 Å². The number of rotatable bonds is 5. The lowest BCUT2D eigenvalue weighted by Gasteiger charge is -2.37. The van der Waals surface area contributed by atoms with Crippen LogP contribution in [0.2, 0.25) is 0 Å². The van der Waals surface area contributed by atoms with Gasteiger partial charge in [0.05, 0.1) is 24.8 Å². The van der Waals surface area contributed by atoms with Crippen LogP contribution in [-0.2, 0) is 0 Å². The first kappa shape index (κ1) is 26.1. The van der Waals surface area contributed by atoms with Crippen LogP contribution in [0.4, 0.5) is 4.39 Å². The Morgan fingerprint density at radius 1 is 1.37 bits per heavy atom. The van der Waals surface area contributed by atoms with Gasteiger partial charge in [0, 0.05) is 31.3 Å². The number of carbonyl (C=O) groups excluding carboxylic acids is 2. The lowest BCUT2D eigenvalue weighted by atomic mass is 9.99. The molecule has 186 valence electrons. The Labute approximate surface area is 204 Å². The highest BCUT2D eigenvalue weighted by atomic mass is 19.1. The van der Waals surface area contributed by atoms with Crippen molar-refractivity contribution in [2.24, 2.45) is 5.92 Å². The molecule has 3 rings (SSSR count). The maximum Gasteiger partial charge on any atom is 0.259 e. The quantitative estimate of drug-likeness (QED) is 0.631. The van der Waals surface area contributed by atoms with E-state index in [1.165, 1.54) is 36.2 Å². The van der Waals surface area contributed by atoms with E-state index in [1.807, 2.05) is 6.92 Å². The Balaban J connectivity index is 1.96. The summed E-state index contributed by atoms with van der Waals surface area (Å²) in [6.07, 6.45) is 0.0271. The molecule has 0 radical (unpaired) electrons. The number of nitrogens with zero attached hydrogens (tertiary/aromatic N) is 3. The topological polar surface area (TPSA) is 103 Å². The second-order valence-electron chi connectivity index (χ2n) is 8.81. The fourth-order valence-corrected chi connectivity index (χ4v) is 3.77. The van der Waals surface area contributed by atoms with Crippen molar-refractivity contribution in [3.8, 4) is 17.7 Å². The van der Waals surface area contributed by atoms with Crippen LogP contribution in [0.3, 0.4) is 0 Å². The summed E-state index contributed by atoms with van der Waals surface area (Å²) in [7, 11) is 1.56. The fraction of sp³-hybridized carbons (Fsp3) is 0.423. The third-order valence-electron chi connectivity index (χ3n) is 5.85. The molecule has 1 aromatic carbocycles. The number of halogens is 1. The van der Waals surface area contributed by atoms with Gasteiger partial charge in [-0.1, -0.05) is 30.9 Å². The minimum Gasteiger partial charge on any atom is -0.472 e. The molecule has 2 amide bonds. The summed E-state index contributed by atoms with van der Waals surface area (Å²) < 4.78 is 20.3. The number of aromatic nitrogens is 1. The zero-order valence-electron chi connectivity index (χ0n) is 20.2. The number of pyridine rings is 1. The molecule has 0 aliphatic carbocycles. The normalized spacial score (nSPS) is 19.3. The maximum absolute atomic E-state index is 14.2. The minimum atomic E-state index is -0.845. The molecule has 0 saturated carbocycles. The molecule has 0 spiro atoms. The zero-order chi connectivity index (χ0) is 25.7. The van der Waals surface area contributed by atoms with E-state index in [4.69, 9.17) is 4.74 Å². The third-order valence-corrected chi connectivity index (χ3v) is 5.85. The van der Waals surface area contributed by atoms with Gasteiger partial charge in [-0.15, -0.1) is 0 Å². The molecule has 1 aliphatic rings. The Bertz CT molecular complexity index is 1140. The highest BCUT2D eigenvalue weighted by Crippen LogP contribution is 2.27. The summed E-state index contributed by atoms with van der Waals surface area (Å²) in [5.41, 5.74) is 0.553. The predicted molar refractivity (Wildman–Crippen MR) is 127 cm³/mol. The number of benzene rings is 1. The van der Waals surface area contributed by atoms with Gasteiger partial charge in [0.1, 0.15) is 23.6 Å². The van der Waals surface area contributed by atoms with Crippen LogP contribution in [0.15, 0.2) is 36.5 Å². The summed E-state index contributed by atoms with van der Waals surface area (Å²) >= 11 is 0. The molecule has 4 atom stereocenters. The Hall–Kier alpha value is -3.48. The van der Waals surface area contributed by atoms with Crippen LogP contribution in [0.25, 0.3) is 0 Å². The SMILES string of the molecule is C[C@@H]1CN([C@@H](C)CO)C(=O)c2cc(C#C[C@@H](C)O)cnc2O[C@H]1CN(C)C(=O)c1ccccc1F. The number of aliphatic hydroxyl groups is 2. The first-order chi connectivity index (χ1) is 16.6. The molecule has 0 unspecified atom stereocenters. The van der Waals surface area contributed by atoms with Crippen LogP contribution < -0.4 is 4.74 Å². The van der Waals surface area contributed by atoms with Crippen LogP contribution in [0, 0.1) is 23.6 Å². The van der Waals surface area contributed by atoms with E-state index >= 15 is 0 Å². The lowest BCUT2D eigenvalue weighted by molar-refractivity contribution is 0.0312. The molecule has 1 aromatic heterocycles. The molecule has 2 heterocycles. The Kier molecular flexibility index (Phi) is 8.43. The van der Waals surface area contributed by atoms with Crippen molar-refractivity contribution < 1.29 is 28.9 Å². The van der Waals surface area contributed by atoms with E-state index in [-0.39, 0.29) is 48.5 Å². The first-order valence-electron chi connectivity index (χ1n) is 11.4. The number of fused-ring (bicyclic) bond motifs is 1. The molecule has 9 heteroatoms. The molecule has 2 N–H and O–H groups in total. The van der Waals surface area contributed by atoms with E-state index < -0.39 is 30.0 Å². The number of aliphatic hydroxyl groups excluding tert-OH is 2. The van der Waals surface area contributed by atoms with E-state index in [0.717, 1.165) is 0 Å². The maximum atomic E-state index is 14.2. The van der Waals surface area contributed by atoms with Gasteiger partial charge in [-0.3, -0.25) is 9.59 Å². The molecule has 2 aromatic rings. The molecular formula is C26H30FN3O5. The van der Waals surface area contributed by atoms with E-state index in [9.17, 15) is 24.2 Å². The molecule has 0 saturated heterocycles. The van der Waals surface area contributed by atoms with Gasteiger partial charge in [0.15, 0.2) is 0 Å². The van der Waals surface area contributed by atoms with Crippen LogP contribution in [0.1, 0.15) is 47.1 Å². The van der Waals surface area contributed by atoms with Gasteiger partial charge in [0.25, 0.3) is 11.8 Å². The Morgan fingerprint density at radius 3 is 2.74 bits per heavy atom. The number of hydrogen-bond donors (Lipinski definition) is 2. The van der Waals surface area contributed by atoms with E-state index in [0.29, 0.717) is 5.56 Å². The van der Waals surface area contributed by atoms with Gasteiger partial charge in [0.2, 0.25) is 5.88 Å².